The smallest absolute Gasteiger partial charge is 0.387 e. The number of aromatic nitrogens is 2. The van der Waals surface area contributed by atoms with E-state index in [1.807, 2.05) is 13.8 Å². The molecule has 2 N–H and O–H groups in total. The molecule has 1 aromatic heterocycles. The lowest BCUT2D eigenvalue weighted by Crippen LogP contribution is -2.25. The molecule has 0 amide bonds. The van der Waals surface area contributed by atoms with E-state index in [1.54, 1.807) is 13.1 Å². The van der Waals surface area contributed by atoms with E-state index in [9.17, 15) is 18.3 Å². The number of aliphatic hydroxyl groups excluding tert-OH is 1. The lowest BCUT2D eigenvalue weighted by Gasteiger charge is -2.19. The van der Waals surface area contributed by atoms with Crippen molar-refractivity contribution in [3.05, 3.63) is 58.7 Å². The number of aliphatic hydroxyl groups is 1. The summed E-state index contributed by atoms with van der Waals surface area (Å²) in [5.74, 6) is 0.674. The van der Waals surface area contributed by atoms with Gasteiger partial charge in [-0.1, -0.05) is 12.1 Å². The Kier molecular flexibility index (Phi) is 5.56. The van der Waals surface area contributed by atoms with Crippen LogP contribution in [-0.2, 0) is 6.18 Å². The fourth-order valence-electron chi connectivity index (χ4n) is 2.46. The average molecular weight is 339 g/mol. The van der Waals surface area contributed by atoms with Crippen molar-refractivity contribution in [3.63, 3.8) is 0 Å². The number of nitrogens with one attached hydrogen (secondary N) is 1. The van der Waals surface area contributed by atoms with Crippen LogP contribution in [-0.4, -0.2) is 21.6 Å². The second-order valence-electron chi connectivity index (χ2n) is 5.73. The summed E-state index contributed by atoms with van der Waals surface area (Å²) in [4.78, 5) is 8.43. The molecule has 0 aliphatic heterocycles. The van der Waals surface area contributed by atoms with Crippen LogP contribution in [0.25, 0.3) is 0 Å². The van der Waals surface area contributed by atoms with E-state index in [-0.39, 0.29) is 18.2 Å². The minimum atomic E-state index is -4.42. The molecule has 7 heteroatoms. The maximum absolute atomic E-state index is 12.7. The second kappa shape index (κ2) is 7.27. The first-order valence-electron chi connectivity index (χ1n) is 7.57. The fraction of sp³-hybridized carbons (Fsp3) is 0.412. The summed E-state index contributed by atoms with van der Waals surface area (Å²) in [7, 11) is 0. The summed E-state index contributed by atoms with van der Waals surface area (Å²) in [6, 6.07) is 4.59. The molecule has 0 saturated heterocycles. The van der Waals surface area contributed by atoms with Crippen LogP contribution in [0.15, 0.2) is 30.5 Å². The van der Waals surface area contributed by atoms with Gasteiger partial charge in [-0.15, -0.1) is 0 Å². The third-order valence-electron chi connectivity index (χ3n) is 3.82. The Bertz CT molecular complexity index is 704. The highest BCUT2D eigenvalue weighted by molar-refractivity contribution is 5.27. The van der Waals surface area contributed by atoms with Crippen molar-refractivity contribution in [2.24, 2.45) is 0 Å². The van der Waals surface area contributed by atoms with Crippen LogP contribution in [0.5, 0.6) is 0 Å². The van der Waals surface area contributed by atoms with Crippen LogP contribution in [0, 0.1) is 13.8 Å². The predicted molar refractivity (Wildman–Crippen MR) is 84.3 cm³/mol. The van der Waals surface area contributed by atoms with E-state index >= 15 is 0 Å². The Hall–Kier alpha value is -1.99. The zero-order valence-electron chi connectivity index (χ0n) is 13.7. The van der Waals surface area contributed by atoms with E-state index in [4.69, 9.17) is 0 Å². The van der Waals surface area contributed by atoms with Crippen molar-refractivity contribution in [3.8, 4) is 0 Å². The van der Waals surface area contributed by atoms with Crippen LogP contribution >= 0.6 is 0 Å². The van der Waals surface area contributed by atoms with Crippen molar-refractivity contribution in [2.75, 3.05) is 6.54 Å². The molecule has 130 valence electrons. The molecule has 0 aliphatic rings. The van der Waals surface area contributed by atoms with Crippen LogP contribution in [0.4, 0.5) is 13.2 Å². The standard InChI is InChI=1S/C17H20F3N3O/c1-10(15-8-22-12(3)23-11(15)2)21-9-16(24)13-5-4-6-14(7-13)17(18,19)20/h4-8,10,16,21,24H,9H2,1-3H3. The maximum Gasteiger partial charge on any atom is 0.416 e. The van der Waals surface area contributed by atoms with Crippen molar-refractivity contribution in [1.82, 2.24) is 15.3 Å². The van der Waals surface area contributed by atoms with Crippen molar-refractivity contribution in [2.45, 2.75) is 39.1 Å². The highest BCUT2D eigenvalue weighted by atomic mass is 19.4. The molecule has 1 heterocycles. The van der Waals surface area contributed by atoms with Gasteiger partial charge in [-0.2, -0.15) is 13.2 Å². The van der Waals surface area contributed by atoms with Crippen molar-refractivity contribution in [1.29, 1.82) is 0 Å². The van der Waals surface area contributed by atoms with E-state index < -0.39 is 17.8 Å². The normalized spacial score (nSPS) is 14.5. The molecular formula is C17H20F3N3O. The van der Waals surface area contributed by atoms with Gasteiger partial charge in [0.25, 0.3) is 0 Å². The summed E-state index contributed by atoms with van der Waals surface area (Å²) in [6.07, 6.45) is -3.75. The number of nitrogens with zero attached hydrogens (tertiary/aromatic N) is 2. The highest BCUT2D eigenvalue weighted by Gasteiger charge is 2.30. The number of aryl methyl sites for hydroxylation is 2. The van der Waals surface area contributed by atoms with Gasteiger partial charge in [0, 0.05) is 30.0 Å². The Morgan fingerprint density at radius 3 is 2.58 bits per heavy atom. The monoisotopic (exact) mass is 339 g/mol. The van der Waals surface area contributed by atoms with Gasteiger partial charge in [0.15, 0.2) is 0 Å². The number of halogens is 3. The van der Waals surface area contributed by atoms with E-state index in [2.05, 4.69) is 15.3 Å². The Morgan fingerprint density at radius 2 is 1.96 bits per heavy atom. The largest absolute Gasteiger partial charge is 0.416 e. The van der Waals surface area contributed by atoms with Crippen LogP contribution in [0.1, 0.15) is 47.3 Å². The van der Waals surface area contributed by atoms with E-state index in [1.165, 1.54) is 12.1 Å². The predicted octanol–water partition coefficient (Wildman–Crippen LogP) is 3.50. The van der Waals surface area contributed by atoms with Gasteiger partial charge in [0.2, 0.25) is 0 Å². The number of hydrogen-bond acceptors (Lipinski definition) is 4. The Morgan fingerprint density at radius 1 is 1.25 bits per heavy atom. The second-order valence-corrected chi connectivity index (χ2v) is 5.73. The minimum absolute atomic E-state index is 0.121. The molecule has 0 spiro atoms. The SMILES string of the molecule is Cc1ncc(C(C)NCC(O)c2cccc(C(F)(F)F)c2)c(C)n1. The van der Waals surface area contributed by atoms with Gasteiger partial charge in [-0.3, -0.25) is 0 Å². The first-order valence-corrected chi connectivity index (χ1v) is 7.57. The molecule has 1 aromatic carbocycles. The first-order chi connectivity index (χ1) is 11.2. The van der Waals surface area contributed by atoms with Gasteiger partial charge in [0.1, 0.15) is 5.82 Å². The van der Waals surface area contributed by atoms with Crippen LogP contribution < -0.4 is 5.32 Å². The Balaban J connectivity index is 2.03. The molecule has 0 bridgehead atoms. The number of rotatable bonds is 5. The average Bonchev–Trinajstić information content (AvgIpc) is 2.51. The molecule has 4 nitrogen and oxygen atoms in total. The van der Waals surface area contributed by atoms with Crippen molar-refractivity contribution >= 4 is 0 Å². The molecule has 2 rings (SSSR count). The minimum Gasteiger partial charge on any atom is -0.387 e. The van der Waals surface area contributed by atoms with E-state index in [0.717, 1.165) is 23.4 Å². The summed E-state index contributed by atoms with van der Waals surface area (Å²) in [5.41, 5.74) is 1.17. The summed E-state index contributed by atoms with van der Waals surface area (Å²) < 4.78 is 38.2. The van der Waals surface area contributed by atoms with Gasteiger partial charge in [-0.05, 0) is 38.5 Å². The van der Waals surface area contributed by atoms with Gasteiger partial charge < -0.3 is 10.4 Å². The van der Waals surface area contributed by atoms with E-state index in [0.29, 0.717) is 5.82 Å². The van der Waals surface area contributed by atoms with Crippen LogP contribution in [0.2, 0.25) is 0 Å². The Labute approximate surface area is 138 Å². The molecule has 0 aliphatic carbocycles. The van der Waals surface area contributed by atoms with Crippen LogP contribution in [0.3, 0.4) is 0 Å². The summed E-state index contributed by atoms with van der Waals surface area (Å²) in [6.45, 7) is 5.67. The quantitative estimate of drug-likeness (QED) is 0.875. The molecule has 0 saturated carbocycles. The molecule has 0 fully saturated rings. The summed E-state index contributed by atoms with van der Waals surface area (Å²) >= 11 is 0. The lowest BCUT2D eigenvalue weighted by atomic mass is 10.0. The zero-order valence-corrected chi connectivity index (χ0v) is 13.7. The fourth-order valence-corrected chi connectivity index (χ4v) is 2.46. The maximum atomic E-state index is 12.7. The third kappa shape index (κ3) is 4.52. The number of alkyl halides is 3. The lowest BCUT2D eigenvalue weighted by molar-refractivity contribution is -0.137. The molecule has 2 unspecified atom stereocenters. The number of hydrogen-bond donors (Lipinski definition) is 2. The molecule has 2 aromatic rings. The zero-order chi connectivity index (χ0) is 17.9. The number of benzene rings is 1. The summed E-state index contributed by atoms with van der Waals surface area (Å²) in [5, 5.41) is 13.3. The van der Waals surface area contributed by atoms with Gasteiger partial charge >= 0.3 is 6.18 Å². The molecule has 0 radical (unpaired) electrons. The first kappa shape index (κ1) is 18.4. The van der Waals surface area contributed by atoms with Crippen molar-refractivity contribution < 1.29 is 18.3 Å². The van der Waals surface area contributed by atoms with Gasteiger partial charge in [0.05, 0.1) is 11.7 Å². The molecule has 24 heavy (non-hydrogen) atoms. The third-order valence-corrected chi connectivity index (χ3v) is 3.82. The molecule has 2 atom stereocenters. The molecular weight excluding hydrogens is 319 g/mol. The topological polar surface area (TPSA) is 58.0 Å². The van der Waals surface area contributed by atoms with Gasteiger partial charge in [-0.25, -0.2) is 9.97 Å². The highest BCUT2D eigenvalue weighted by Crippen LogP contribution is 2.30.